The highest BCUT2D eigenvalue weighted by molar-refractivity contribution is 7.07. The van der Waals surface area contributed by atoms with E-state index in [1.54, 1.807) is 30.5 Å². The van der Waals surface area contributed by atoms with Crippen molar-refractivity contribution < 1.29 is 9.59 Å². The van der Waals surface area contributed by atoms with Crippen LogP contribution < -0.4 is 15.5 Å². The second kappa shape index (κ2) is 7.86. The van der Waals surface area contributed by atoms with Crippen molar-refractivity contribution in [3.8, 4) is 0 Å². The number of hydrogen-bond donors (Lipinski definition) is 2. The van der Waals surface area contributed by atoms with Crippen LogP contribution >= 0.6 is 11.3 Å². The third-order valence-electron chi connectivity index (χ3n) is 4.73. The molecule has 138 valence electrons. The molecule has 3 rings (SSSR count). The Morgan fingerprint density at radius 1 is 1.23 bits per heavy atom. The molecule has 0 bridgehead atoms. The molecule has 0 spiro atoms. The van der Waals surface area contributed by atoms with Crippen molar-refractivity contribution >= 4 is 28.8 Å². The summed E-state index contributed by atoms with van der Waals surface area (Å²) in [5, 5.41) is 7.61. The highest BCUT2D eigenvalue weighted by Crippen LogP contribution is 2.20. The monoisotopic (exact) mass is 373 g/mol. The summed E-state index contributed by atoms with van der Waals surface area (Å²) in [4.78, 5) is 36.1. The average Bonchev–Trinajstić information content (AvgIpc) is 3.22. The zero-order valence-electron chi connectivity index (χ0n) is 15.0. The molecule has 0 atom stereocenters. The zero-order valence-corrected chi connectivity index (χ0v) is 15.8. The SMILES string of the molecule is Cc1cc(C(=O)NC2CCCC2)ccc1NC(=O)Cn1c(C)csc1=O. The number of amides is 2. The number of carbonyl (C=O) groups is 2. The lowest BCUT2D eigenvalue weighted by molar-refractivity contribution is -0.116. The summed E-state index contributed by atoms with van der Waals surface area (Å²) in [7, 11) is 0. The number of aromatic nitrogens is 1. The number of hydrogen-bond acceptors (Lipinski definition) is 4. The Bertz CT molecular complexity index is 878. The minimum atomic E-state index is -0.264. The minimum Gasteiger partial charge on any atom is -0.349 e. The summed E-state index contributed by atoms with van der Waals surface area (Å²) < 4.78 is 1.44. The molecule has 1 heterocycles. The van der Waals surface area contributed by atoms with Gasteiger partial charge in [0.15, 0.2) is 0 Å². The van der Waals surface area contributed by atoms with Gasteiger partial charge in [0.05, 0.1) is 0 Å². The largest absolute Gasteiger partial charge is 0.349 e. The van der Waals surface area contributed by atoms with Gasteiger partial charge in [-0.15, -0.1) is 0 Å². The van der Waals surface area contributed by atoms with Crippen LogP contribution in [-0.4, -0.2) is 22.4 Å². The zero-order chi connectivity index (χ0) is 18.7. The molecule has 0 radical (unpaired) electrons. The summed E-state index contributed by atoms with van der Waals surface area (Å²) in [6, 6.07) is 5.51. The van der Waals surface area contributed by atoms with E-state index in [1.807, 2.05) is 6.92 Å². The lowest BCUT2D eigenvalue weighted by Crippen LogP contribution is -2.32. The molecule has 2 aromatic rings. The highest BCUT2D eigenvalue weighted by atomic mass is 32.1. The van der Waals surface area contributed by atoms with Crippen molar-refractivity contribution in [1.29, 1.82) is 0 Å². The number of nitrogens with one attached hydrogen (secondary N) is 2. The molecule has 1 aromatic carbocycles. The molecule has 1 aliphatic carbocycles. The van der Waals surface area contributed by atoms with Crippen molar-refractivity contribution in [2.45, 2.75) is 52.1 Å². The maximum Gasteiger partial charge on any atom is 0.307 e. The van der Waals surface area contributed by atoms with Gasteiger partial charge in [0.2, 0.25) is 5.91 Å². The van der Waals surface area contributed by atoms with Crippen LogP contribution in [-0.2, 0) is 11.3 Å². The van der Waals surface area contributed by atoms with Gasteiger partial charge < -0.3 is 10.6 Å². The second-order valence-corrected chi connectivity index (χ2v) is 7.58. The maximum atomic E-state index is 12.3. The van der Waals surface area contributed by atoms with E-state index in [-0.39, 0.29) is 29.3 Å². The van der Waals surface area contributed by atoms with E-state index in [0.29, 0.717) is 11.3 Å². The Balaban J connectivity index is 1.64. The van der Waals surface area contributed by atoms with Crippen LogP contribution in [0.2, 0.25) is 0 Å². The lowest BCUT2D eigenvalue weighted by Gasteiger charge is -2.14. The summed E-state index contributed by atoms with van der Waals surface area (Å²) in [5.74, 6) is -0.335. The molecule has 1 aromatic heterocycles. The molecule has 0 saturated heterocycles. The van der Waals surface area contributed by atoms with E-state index in [4.69, 9.17) is 0 Å². The summed E-state index contributed by atoms with van der Waals surface area (Å²) in [5.41, 5.74) is 2.82. The lowest BCUT2D eigenvalue weighted by atomic mass is 10.1. The fourth-order valence-corrected chi connectivity index (χ4v) is 3.95. The van der Waals surface area contributed by atoms with E-state index in [9.17, 15) is 14.4 Å². The van der Waals surface area contributed by atoms with Gasteiger partial charge in [0, 0.05) is 28.4 Å². The molecule has 1 fully saturated rings. The molecule has 7 heteroatoms. The first-order valence-corrected chi connectivity index (χ1v) is 9.68. The first-order valence-electron chi connectivity index (χ1n) is 8.80. The molecule has 1 saturated carbocycles. The van der Waals surface area contributed by atoms with Crippen LogP contribution in [0, 0.1) is 13.8 Å². The molecule has 26 heavy (non-hydrogen) atoms. The Hall–Kier alpha value is -2.41. The van der Waals surface area contributed by atoms with E-state index in [0.717, 1.165) is 35.4 Å². The molecule has 0 aliphatic heterocycles. The van der Waals surface area contributed by atoms with E-state index in [2.05, 4.69) is 10.6 Å². The topological polar surface area (TPSA) is 80.2 Å². The highest BCUT2D eigenvalue weighted by Gasteiger charge is 2.18. The fourth-order valence-electron chi connectivity index (χ4n) is 3.21. The number of carbonyl (C=O) groups excluding carboxylic acids is 2. The van der Waals surface area contributed by atoms with Crippen molar-refractivity contribution in [2.75, 3.05) is 5.32 Å². The van der Waals surface area contributed by atoms with Crippen LogP contribution in [0.3, 0.4) is 0 Å². The van der Waals surface area contributed by atoms with Crippen LogP contribution in [0.25, 0.3) is 0 Å². The summed E-state index contributed by atoms with van der Waals surface area (Å²) in [6.07, 6.45) is 4.42. The van der Waals surface area contributed by atoms with Gasteiger partial charge in [0.1, 0.15) is 6.54 Å². The average molecular weight is 373 g/mol. The van der Waals surface area contributed by atoms with E-state index >= 15 is 0 Å². The van der Waals surface area contributed by atoms with Crippen LogP contribution in [0.15, 0.2) is 28.4 Å². The molecule has 0 unspecified atom stereocenters. The van der Waals surface area contributed by atoms with Crippen molar-refractivity contribution in [3.05, 3.63) is 50.1 Å². The molecular formula is C19H23N3O3S. The number of anilines is 1. The fraction of sp³-hybridized carbons (Fsp3) is 0.421. The number of benzene rings is 1. The second-order valence-electron chi connectivity index (χ2n) is 6.76. The first kappa shape index (κ1) is 18.4. The van der Waals surface area contributed by atoms with Gasteiger partial charge >= 0.3 is 4.87 Å². The summed E-state index contributed by atoms with van der Waals surface area (Å²) in [6.45, 7) is 3.63. The number of nitrogens with zero attached hydrogens (tertiary/aromatic N) is 1. The molecule has 6 nitrogen and oxygen atoms in total. The van der Waals surface area contributed by atoms with E-state index in [1.165, 1.54) is 17.4 Å². The Morgan fingerprint density at radius 2 is 1.96 bits per heavy atom. The normalized spacial score (nSPS) is 14.4. The Labute approximate surface area is 156 Å². The minimum absolute atomic E-state index is 0.0163. The number of aryl methyl sites for hydroxylation is 2. The predicted molar refractivity (Wildman–Crippen MR) is 103 cm³/mol. The third-order valence-corrected chi connectivity index (χ3v) is 5.61. The van der Waals surface area contributed by atoms with Crippen molar-refractivity contribution in [1.82, 2.24) is 9.88 Å². The quantitative estimate of drug-likeness (QED) is 0.846. The van der Waals surface area contributed by atoms with Gasteiger partial charge in [-0.1, -0.05) is 24.2 Å². The molecule has 1 aliphatic rings. The Kier molecular flexibility index (Phi) is 5.56. The smallest absolute Gasteiger partial charge is 0.307 e. The summed E-state index contributed by atoms with van der Waals surface area (Å²) >= 11 is 1.08. The Morgan fingerprint density at radius 3 is 2.58 bits per heavy atom. The first-order chi connectivity index (χ1) is 12.4. The number of thiazole rings is 1. The van der Waals surface area contributed by atoms with E-state index < -0.39 is 0 Å². The van der Waals surface area contributed by atoms with Crippen LogP contribution in [0.4, 0.5) is 5.69 Å². The van der Waals surface area contributed by atoms with Gasteiger partial charge in [-0.05, 0) is 50.5 Å². The van der Waals surface area contributed by atoms with Gasteiger partial charge in [-0.25, -0.2) is 0 Å². The van der Waals surface area contributed by atoms with Gasteiger partial charge in [-0.3, -0.25) is 19.0 Å². The molecule has 2 N–H and O–H groups in total. The number of rotatable bonds is 5. The van der Waals surface area contributed by atoms with Gasteiger partial charge in [-0.2, -0.15) is 0 Å². The molecular weight excluding hydrogens is 350 g/mol. The van der Waals surface area contributed by atoms with Crippen LogP contribution in [0.5, 0.6) is 0 Å². The predicted octanol–water partition coefficient (Wildman–Crippen LogP) is 2.84. The van der Waals surface area contributed by atoms with Crippen LogP contribution in [0.1, 0.15) is 47.3 Å². The standard InChI is InChI=1S/C19H23N3O3S/c1-12-9-14(18(24)20-15-5-3-4-6-15)7-8-16(12)21-17(23)10-22-13(2)11-26-19(22)25/h7-9,11,15H,3-6,10H2,1-2H3,(H,20,24)(H,21,23). The molecule has 2 amide bonds. The van der Waals surface area contributed by atoms with Crippen molar-refractivity contribution in [3.63, 3.8) is 0 Å². The third kappa shape index (κ3) is 4.22. The van der Waals surface area contributed by atoms with Crippen molar-refractivity contribution in [2.24, 2.45) is 0 Å². The maximum absolute atomic E-state index is 12.3. The van der Waals surface area contributed by atoms with Gasteiger partial charge in [0.25, 0.3) is 5.91 Å².